The Bertz CT molecular complexity index is 1020. The van der Waals surface area contributed by atoms with Crippen molar-refractivity contribution >= 4 is 33.4 Å². The first kappa shape index (κ1) is 24.0. The molecule has 3 rings (SSSR count). The Kier molecular flexibility index (Phi) is 8.10. The molecule has 0 radical (unpaired) electrons. The number of likely N-dealkylation sites (tertiary alicyclic amines) is 1. The van der Waals surface area contributed by atoms with Crippen LogP contribution < -0.4 is 4.74 Å². The zero-order chi connectivity index (χ0) is 23.3. The maximum absolute atomic E-state index is 13.0. The van der Waals surface area contributed by atoms with Crippen LogP contribution in [0.5, 0.6) is 5.75 Å². The third-order valence-electron chi connectivity index (χ3n) is 5.47. The molecule has 170 valence electrons. The van der Waals surface area contributed by atoms with Gasteiger partial charge in [0.05, 0.1) is 24.8 Å². The molecule has 1 fully saturated rings. The number of ether oxygens (including phenoxy) is 2. The molecule has 1 atom stereocenters. The number of hydrogen-bond donors (Lipinski definition) is 1. The van der Waals surface area contributed by atoms with Crippen LogP contribution in [-0.4, -0.2) is 48.6 Å². The SMILES string of the molecule is CCCCOc1ccc(C(O)=C2C(=O)C(=O)N(CCOC)[C@H]2c2ccc(Br)cc2)cc1C. The van der Waals surface area contributed by atoms with Crippen molar-refractivity contribution in [3.63, 3.8) is 0 Å². The first-order valence-corrected chi connectivity index (χ1v) is 11.4. The average Bonchev–Trinajstić information content (AvgIpc) is 3.03. The van der Waals surface area contributed by atoms with E-state index in [2.05, 4.69) is 22.9 Å². The largest absolute Gasteiger partial charge is 0.507 e. The van der Waals surface area contributed by atoms with Gasteiger partial charge in [0.1, 0.15) is 11.5 Å². The third-order valence-corrected chi connectivity index (χ3v) is 5.99. The second-order valence-corrected chi connectivity index (χ2v) is 8.63. The van der Waals surface area contributed by atoms with E-state index >= 15 is 0 Å². The van der Waals surface area contributed by atoms with Gasteiger partial charge in [-0.05, 0) is 54.8 Å². The van der Waals surface area contributed by atoms with E-state index in [1.54, 1.807) is 18.2 Å². The fourth-order valence-corrected chi connectivity index (χ4v) is 4.00. The van der Waals surface area contributed by atoms with Gasteiger partial charge in [-0.15, -0.1) is 0 Å². The van der Waals surface area contributed by atoms with Crippen molar-refractivity contribution in [1.29, 1.82) is 0 Å². The minimum absolute atomic E-state index is 0.0764. The second-order valence-electron chi connectivity index (χ2n) is 7.72. The van der Waals surface area contributed by atoms with Crippen molar-refractivity contribution in [2.24, 2.45) is 0 Å². The second kappa shape index (κ2) is 10.8. The van der Waals surface area contributed by atoms with Crippen LogP contribution in [0.3, 0.4) is 0 Å². The van der Waals surface area contributed by atoms with Gasteiger partial charge in [0.2, 0.25) is 0 Å². The number of aliphatic hydroxyl groups is 1. The zero-order valence-corrected chi connectivity index (χ0v) is 20.1. The van der Waals surface area contributed by atoms with E-state index in [0.717, 1.165) is 34.2 Å². The maximum Gasteiger partial charge on any atom is 0.295 e. The molecule has 0 spiro atoms. The summed E-state index contributed by atoms with van der Waals surface area (Å²) in [5.41, 5.74) is 2.13. The lowest BCUT2D eigenvalue weighted by molar-refractivity contribution is -0.140. The van der Waals surface area contributed by atoms with Gasteiger partial charge >= 0.3 is 0 Å². The van der Waals surface area contributed by atoms with Crippen LogP contribution in [0.15, 0.2) is 52.5 Å². The van der Waals surface area contributed by atoms with Crippen molar-refractivity contribution in [3.05, 3.63) is 69.2 Å². The minimum Gasteiger partial charge on any atom is -0.507 e. The summed E-state index contributed by atoms with van der Waals surface area (Å²) in [5, 5.41) is 11.2. The van der Waals surface area contributed by atoms with Crippen molar-refractivity contribution in [2.45, 2.75) is 32.7 Å². The van der Waals surface area contributed by atoms with Crippen molar-refractivity contribution in [3.8, 4) is 5.75 Å². The Hall–Kier alpha value is -2.64. The third kappa shape index (κ3) is 5.05. The molecule has 7 heteroatoms. The quantitative estimate of drug-likeness (QED) is 0.226. The number of nitrogens with zero attached hydrogens (tertiary/aromatic N) is 1. The number of Topliss-reactive ketones (excluding diaryl/α,β-unsaturated/α-hetero) is 1. The molecule has 1 aliphatic heterocycles. The summed E-state index contributed by atoms with van der Waals surface area (Å²) < 4.78 is 11.8. The lowest BCUT2D eigenvalue weighted by Gasteiger charge is -2.25. The van der Waals surface area contributed by atoms with Gasteiger partial charge in [-0.25, -0.2) is 0 Å². The molecule has 1 heterocycles. The summed E-state index contributed by atoms with van der Waals surface area (Å²) in [4.78, 5) is 27.3. The Labute approximate surface area is 197 Å². The van der Waals surface area contributed by atoms with E-state index in [0.29, 0.717) is 12.2 Å². The number of amides is 1. The maximum atomic E-state index is 13.0. The van der Waals surface area contributed by atoms with E-state index in [1.807, 2.05) is 31.2 Å². The van der Waals surface area contributed by atoms with Crippen LogP contribution in [0.2, 0.25) is 0 Å². The summed E-state index contributed by atoms with van der Waals surface area (Å²) in [7, 11) is 1.54. The highest BCUT2D eigenvalue weighted by Gasteiger charge is 2.45. The number of unbranched alkanes of at least 4 members (excludes halogenated alkanes) is 1. The molecule has 1 amide bonds. The Balaban J connectivity index is 2.04. The first-order valence-electron chi connectivity index (χ1n) is 10.7. The highest BCUT2D eigenvalue weighted by Crippen LogP contribution is 2.40. The molecule has 0 bridgehead atoms. The molecule has 1 saturated heterocycles. The van der Waals surface area contributed by atoms with Crippen LogP contribution in [-0.2, 0) is 14.3 Å². The Morgan fingerprint density at radius 3 is 2.47 bits per heavy atom. The number of ketones is 1. The summed E-state index contributed by atoms with van der Waals surface area (Å²) in [6, 6.07) is 11.9. The van der Waals surface area contributed by atoms with Gasteiger partial charge in [-0.3, -0.25) is 9.59 Å². The van der Waals surface area contributed by atoms with E-state index in [9.17, 15) is 14.7 Å². The van der Waals surface area contributed by atoms with Gasteiger partial charge < -0.3 is 19.5 Å². The molecule has 2 aromatic rings. The average molecular weight is 502 g/mol. The molecule has 0 aromatic heterocycles. The van der Waals surface area contributed by atoms with E-state index in [-0.39, 0.29) is 24.5 Å². The predicted octanol–water partition coefficient (Wildman–Crippen LogP) is 5.00. The number of methoxy groups -OCH3 is 1. The Morgan fingerprint density at radius 1 is 1.12 bits per heavy atom. The molecule has 1 N–H and O–H groups in total. The van der Waals surface area contributed by atoms with Gasteiger partial charge in [0, 0.05) is 23.7 Å². The molecule has 32 heavy (non-hydrogen) atoms. The lowest BCUT2D eigenvalue weighted by Crippen LogP contribution is -2.32. The Morgan fingerprint density at radius 2 is 1.84 bits per heavy atom. The molecule has 6 nitrogen and oxygen atoms in total. The van der Waals surface area contributed by atoms with Gasteiger partial charge in [-0.2, -0.15) is 0 Å². The normalized spacial score (nSPS) is 17.8. The number of aryl methyl sites for hydroxylation is 1. The van der Waals surface area contributed by atoms with E-state index < -0.39 is 17.7 Å². The number of rotatable bonds is 9. The highest BCUT2D eigenvalue weighted by molar-refractivity contribution is 9.10. The number of benzene rings is 2. The van der Waals surface area contributed by atoms with Crippen LogP contribution in [0.4, 0.5) is 0 Å². The first-order chi connectivity index (χ1) is 15.4. The number of aliphatic hydroxyl groups excluding tert-OH is 1. The topological polar surface area (TPSA) is 76.1 Å². The van der Waals surface area contributed by atoms with Gasteiger partial charge in [0.25, 0.3) is 11.7 Å². The van der Waals surface area contributed by atoms with Crippen molar-refractivity contribution < 1.29 is 24.2 Å². The van der Waals surface area contributed by atoms with E-state index in [4.69, 9.17) is 9.47 Å². The predicted molar refractivity (Wildman–Crippen MR) is 127 cm³/mol. The molecule has 2 aromatic carbocycles. The summed E-state index contributed by atoms with van der Waals surface area (Å²) in [6.45, 7) is 5.13. The zero-order valence-electron chi connectivity index (χ0n) is 18.6. The number of carbonyl (C=O) groups is 2. The van der Waals surface area contributed by atoms with Crippen LogP contribution in [0.25, 0.3) is 5.76 Å². The van der Waals surface area contributed by atoms with Crippen molar-refractivity contribution in [1.82, 2.24) is 4.90 Å². The van der Waals surface area contributed by atoms with Gasteiger partial charge in [0.15, 0.2) is 0 Å². The molecule has 0 unspecified atom stereocenters. The highest BCUT2D eigenvalue weighted by atomic mass is 79.9. The molecule has 1 aliphatic rings. The fourth-order valence-electron chi connectivity index (χ4n) is 3.73. The number of halogens is 1. The molecular formula is C25H28BrNO5. The van der Waals surface area contributed by atoms with E-state index in [1.165, 1.54) is 12.0 Å². The van der Waals surface area contributed by atoms with Crippen LogP contribution in [0.1, 0.15) is 42.5 Å². The smallest absolute Gasteiger partial charge is 0.295 e. The number of carbonyl (C=O) groups excluding carboxylic acids is 2. The molecular weight excluding hydrogens is 474 g/mol. The van der Waals surface area contributed by atoms with Crippen LogP contribution >= 0.6 is 15.9 Å². The monoisotopic (exact) mass is 501 g/mol. The summed E-state index contributed by atoms with van der Waals surface area (Å²) in [6.07, 6.45) is 2.00. The summed E-state index contributed by atoms with van der Waals surface area (Å²) >= 11 is 3.41. The summed E-state index contributed by atoms with van der Waals surface area (Å²) in [5.74, 6) is -0.806. The molecule has 0 saturated carbocycles. The standard InChI is InChI=1S/C25H28BrNO5/c1-4-5-13-32-20-11-8-18(15-16(20)2)23(28)21-22(17-6-9-19(26)10-7-17)27(12-14-31-3)25(30)24(21)29/h6-11,15,22,28H,4-5,12-14H2,1-3H3/t22-/m0/s1. The van der Waals surface area contributed by atoms with Crippen LogP contribution in [0, 0.1) is 6.92 Å². The lowest BCUT2D eigenvalue weighted by atomic mass is 9.95. The fraction of sp³-hybridized carbons (Fsp3) is 0.360. The number of hydrogen-bond acceptors (Lipinski definition) is 5. The molecule has 0 aliphatic carbocycles. The van der Waals surface area contributed by atoms with Gasteiger partial charge in [-0.1, -0.05) is 41.4 Å². The van der Waals surface area contributed by atoms with Crippen molar-refractivity contribution in [2.75, 3.05) is 26.9 Å². The minimum atomic E-state index is -0.701.